The van der Waals surface area contributed by atoms with Crippen LogP contribution in [0.25, 0.3) is 0 Å². The summed E-state index contributed by atoms with van der Waals surface area (Å²) < 4.78 is 13.8. The molecular formula is C18H22FN3. The molecule has 0 saturated carbocycles. The minimum atomic E-state index is -0.127. The summed E-state index contributed by atoms with van der Waals surface area (Å²) in [4.78, 5) is 4.57. The van der Waals surface area contributed by atoms with Crippen molar-refractivity contribution < 1.29 is 4.39 Å². The fourth-order valence-corrected chi connectivity index (χ4v) is 2.89. The maximum absolute atomic E-state index is 13.8. The van der Waals surface area contributed by atoms with Gasteiger partial charge >= 0.3 is 0 Å². The third-order valence-electron chi connectivity index (χ3n) is 4.26. The van der Waals surface area contributed by atoms with E-state index in [9.17, 15) is 4.39 Å². The Hall–Kier alpha value is -2.07. The topological polar surface area (TPSA) is 32.5 Å². The van der Waals surface area contributed by atoms with Crippen molar-refractivity contribution >= 4 is 11.4 Å². The van der Waals surface area contributed by atoms with E-state index in [0.717, 1.165) is 50.5 Å². The number of rotatable bonds is 4. The van der Waals surface area contributed by atoms with E-state index in [0.29, 0.717) is 0 Å². The molecule has 1 aliphatic rings. The van der Waals surface area contributed by atoms with Crippen LogP contribution in [0.2, 0.25) is 0 Å². The third-order valence-corrected chi connectivity index (χ3v) is 4.26. The van der Waals surface area contributed by atoms with E-state index >= 15 is 0 Å². The van der Waals surface area contributed by atoms with Crippen molar-refractivity contribution in [3.8, 4) is 0 Å². The summed E-state index contributed by atoms with van der Waals surface area (Å²) >= 11 is 0. The molecule has 3 nitrogen and oxygen atoms in total. The SMILES string of the molecule is Nc1ccc(CCN2CCN(c3ccccc3F)CC2)cc1. The highest BCUT2D eigenvalue weighted by atomic mass is 19.1. The zero-order valence-corrected chi connectivity index (χ0v) is 12.7. The Morgan fingerprint density at radius 1 is 0.909 bits per heavy atom. The molecule has 2 N–H and O–H groups in total. The fourth-order valence-electron chi connectivity index (χ4n) is 2.89. The van der Waals surface area contributed by atoms with Crippen molar-refractivity contribution in [3.63, 3.8) is 0 Å². The van der Waals surface area contributed by atoms with Crippen LogP contribution in [0.5, 0.6) is 0 Å². The normalized spacial score (nSPS) is 16.0. The lowest BCUT2D eigenvalue weighted by atomic mass is 10.1. The summed E-state index contributed by atoms with van der Waals surface area (Å²) in [5, 5.41) is 0. The number of nitrogens with two attached hydrogens (primary N) is 1. The summed E-state index contributed by atoms with van der Waals surface area (Å²) in [5.74, 6) is -0.127. The molecule has 1 heterocycles. The van der Waals surface area contributed by atoms with E-state index < -0.39 is 0 Å². The Labute approximate surface area is 131 Å². The second kappa shape index (κ2) is 6.79. The standard InChI is InChI=1S/C18H22FN3/c19-17-3-1-2-4-18(17)22-13-11-21(12-14-22)10-9-15-5-7-16(20)8-6-15/h1-8H,9-14,20H2. The summed E-state index contributed by atoms with van der Waals surface area (Å²) in [7, 11) is 0. The molecule has 0 bridgehead atoms. The second-order valence-corrected chi connectivity index (χ2v) is 5.77. The first-order valence-corrected chi connectivity index (χ1v) is 7.78. The molecule has 22 heavy (non-hydrogen) atoms. The predicted molar refractivity (Wildman–Crippen MR) is 89.6 cm³/mol. The molecule has 1 aliphatic heterocycles. The maximum atomic E-state index is 13.8. The average molecular weight is 299 g/mol. The molecule has 116 valence electrons. The molecule has 0 radical (unpaired) electrons. The van der Waals surface area contributed by atoms with Gasteiger partial charge in [-0.2, -0.15) is 0 Å². The summed E-state index contributed by atoms with van der Waals surface area (Å²) in [6, 6.07) is 15.1. The number of benzene rings is 2. The van der Waals surface area contributed by atoms with Gasteiger partial charge in [0.1, 0.15) is 5.82 Å². The van der Waals surface area contributed by atoms with E-state index in [2.05, 4.69) is 21.9 Å². The summed E-state index contributed by atoms with van der Waals surface area (Å²) in [5.41, 5.74) is 8.54. The van der Waals surface area contributed by atoms with Gasteiger partial charge in [0.15, 0.2) is 0 Å². The zero-order chi connectivity index (χ0) is 15.4. The minimum Gasteiger partial charge on any atom is -0.399 e. The predicted octanol–water partition coefficient (Wildman–Crippen LogP) is 2.77. The van der Waals surface area contributed by atoms with Crippen LogP contribution in [0.4, 0.5) is 15.8 Å². The number of nitrogens with zero attached hydrogens (tertiary/aromatic N) is 2. The van der Waals surface area contributed by atoms with Gasteiger partial charge in [0, 0.05) is 38.4 Å². The van der Waals surface area contributed by atoms with Crippen molar-refractivity contribution in [1.29, 1.82) is 0 Å². The number of hydrogen-bond acceptors (Lipinski definition) is 3. The van der Waals surface area contributed by atoms with Crippen LogP contribution < -0.4 is 10.6 Å². The first-order valence-electron chi connectivity index (χ1n) is 7.78. The van der Waals surface area contributed by atoms with Crippen molar-refractivity contribution in [2.24, 2.45) is 0 Å². The molecular weight excluding hydrogens is 277 g/mol. The number of piperazine rings is 1. The number of hydrogen-bond donors (Lipinski definition) is 1. The van der Waals surface area contributed by atoms with Gasteiger partial charge < -0.3 is 10.6 Å². The number of halogens is 1. The highest BCUT2D eigenvalue weighted by molar-refractivity contribution is 5.48. The van der Waals surface area contributed by atoms with Gasteiger partial charge in [-0.15, -0.1) is 0 Å². The molecule has 0 amide bonds. The van der Waals surface area contributed by atoms with Crippen LogP contribution in [-0.4, -0.2) is 37.6 Å². The van der Waals surface area contributed by atoms with Crippen molar-refractivity contribution in [3.05, 3.63) is 59.9 Å². The molecule has 2 aromatic rings. The van der Waals surface area contributed by atoms with Crippen LogP contribution in [-0.2, 0) is 6.42 Å². The number of para-hydroxylation sites is 1. The molecule has 0 spiro atoms. The zero-order valence-electron chi connectivity index (χ0n) is 12.7. The Morgan fingerprint density at radius 3 is 2.27 bits per heavy atom. The lowest BCUT2D eigenvalue weighted by Gasteiger charge is -2.36. The van der Waals surface area contributed by atoms with Gasteiger partial charge in [0.25, 0.3) is 0 Å². The molecule has 0 aliphatic carbocycles. The Morgan fingerprint density at radius 2 is 1.59 bits per heavy atom. The number of nitrogen functional groups attached to an aromatic ring is 1. The van der Waals surface area contributed by atoms with Gasteiger partial charge in [-0.1, -0.05) is 24.3 Å². The van der Waals surface area contributed by atoms with Gasteiger partial charge in [0.05, 0.1) is 5.69 Å². The van der Waals surface area contributed by atoms with E-state index in [1.807, 2.05) is 24.3 Å². The van der Waals surface area contributed by atoms with Gasteiger partial charge in [-0.3, -0.25) is 4.90 Å². The van der Waals surface area contributed by atoms with Crippen molar-refractivity contribution in [2.45, 2.75) is 6.42 Å². The highest BCUT2D eigenvalue weighted by Gasteiger charge is 2.18. The van der Waals surface area contributed by atoms with Crippen LogP contribution in [0, 0.1) is 5.82 Å². The molecule has 1 fully saturated rings. The van der Waals surface area contributed by atoms with Crippen LogP contribution in [0.1, 0.15) is 5.56 Å². The first-order chi connectivity index (χ1) is 10.7. The van der Waals surface area contributed by atoms with E-state index in [1.165, 1.54) is 11.6 Å². The Bertz CT molecular complexity index is 604. The Kier molecular flexibility index (Phi) is 4.59. The second-order valence-electron chi connectivity index (χ2n) is 5.77. The average Bonchev–Trinajstić information content (AvgIpc) is 2.55. The largest absolute Gasteiger partial charge is 0.399 e. The maximum Gasteiger partial charge on any atom is 0.146 e. The summed E-state index contributed by atoms with van der Waals surface area (Å²) in [6.07, 6.45) is 1.03. The molecule has 1 saturated heterocycles. The van der Waals surface area contributed by atoms with Gasteiger partial charge in [-0.25, -0.2) is 4.39 Å². The van der Waals surface area contributed by atoms with Gasteiger partial charge in [0.2, 0.25) is 0 Å². The monoisotopic (exact) mass is 299 g/mol. The lowest BCUT2D eigenvalue weighted by molar-refractivity contribution is 0.260. The highest BCUT2D eigenvalue weighted by Crippen LogP contribution is 2.20. The minimum absolute atomic E-state index is 0.127. The molecule has 0 aromatic heterocycles. The molecule has 4 heteroatoms. The molecule has 0 unspecified atom stereocenters. The summed E-state index contributed by atoms with van der Waals surface area (Å²) in [6.45, 7) is 4.74. The molecule has 3 rings (SSSR count). The van der Waals surface area contributed by atoms with E-state index in [4.69, 9.17) is 5.73 Å². The van der Waals surface area contributed by atoms with Crippen molar-refractivity contribution in [2.75, 3.05) is 43.4 Å². The van der Waals surface area contributed by atoms with Crippen LogP contribution >= 0.6 is 0 Å². The fraction of sp³-hybridized carbons (Fsp3) is 0.333. The molecule has 0 atom stereocenters. The van der Waals surface area contributed by atoms with Crippen LogP contribution in [0.3, 0.4) is 0 Å². The van der Waals surface area contributed by atoms with E-state index in [-0.39, 0.29) is 5.82 Å². The number of anilines is 2. The quantitative estimate of drug-likeness (QED) is 0.881. The van der Waals surface area contributed by atoms with Crippen molar-refractivity contribution in [1.82, 2.24) is 4.90 Å². The van der Waals surface area contributed by atoms with Gasteiger partial charge in [-0.05, 0) is 36.2 Å². The Balaban J connectivity index is 1.50. The smallest absolute Gasteiger partial charge is 0.146 e. The van der Waals surface area contributed by atoms with Crippen LogP contribution in [0.15, 0.2) is 48.5 Å². The van der Waals surface area contributed by atoms with E-state index in [1.54, 1.807) is 6.07 Å². The molecule has 2 aromatic carbocycles. The lowest BCUT2D eigenvalue weighted by Crippen LogP contribution is -2.47. The third kappa shape index (κ3) is 3.57. The first kappa shape index (κ1) is 14.9.